The first-order valence-electron chi connectivity index (χ1n) is 4.66. The summed E-state index contributed by atoms with van der Waals surface area (Å²) in [6, 6.07) is 0. The molecule has 0 saturated heterocycles. The molecule has 0 bridgehead atoms. The molecule has 1 aromatic rings. The molecule has 3 heteroatoms. The Morgan fingerprint density at radius 2 is 2.23 bits per heavy atom. The second-order valence-electron chi connectivity index (χ2n) is 3.29. The molecule has 1 heterocycles. The van der Waals surface area contributed by atoms with E-state index in [1.54, 1.807) is 18.4 Å². The Hall–Kier alpha value is -0.410. The summed E-state index contributed by atoms with van der Waals surface area (Å²) in [6.07, 6.45) is 1.96. The molecule has 0 fully saturated rings. The highest BCUT2D eigenvalue weighted by Crippen LogP contribution is 2.30. The second kappa shape index (κ2) is 4.20. The summed E-state index contributed by atoms with van der Waals surface area (Å²) < 4.78 is 5.48. The van der Waals surface area contributed by atoms with E-state index in [1.165, 1.54) is 0 Å². The highest BCUT2D eigenvalue weighted by Gasteiger charge is 2.27. The Balaban J connectivity index is 2.91. The second-order valence-corrected chi connectivity index (χ2v) is 4.14. The van der Waals surface area contributed by atoms with Gasteiger partial charge >= 0.3 is 0 Å². The van der Waals surface area contributed by atoms with Gasteiger partial charge in [0.2, 0.25) is 0 Å². The summed E-state index contributed by atoms with van der Waals surface area (Å²) in [6.45, 7) is 6.33. The van der Waals surface area contributed by atoms with E-state index in [-0.39, 0.29) is 5.60 Å². The molecule has 0 radical (unpaired) electrons. The molecule has 0 aliphatic heterocycles. The first-order chi connectivity index (χ1) is 6.16. The molecule has 1 aromatic heterocycles. The lowest BCUT2D eigenvalue weighted by Gasteiger charge is -2.23. The predicted molar refractivity (Wildman–Crippen MR) is 56.1 cm³/mol. The van der Waals surface area contributed by atoms with Crippen molar-refractivity contribution in [3.8, 4) is 0 Å². The van der Waals surface area contributed by atoms with Crippen LogP contribution in [0.3, 0.4) is 0 Å². The minimum absolute atomic E-state index is 0.196. The zero-order valence-electron chi connectivity index (χ0n) is 8.76. The van der Waals surface area contributed by atoms with E-state index in [9.17, 15) is 0 Å². The molecule has 1 unspecified atom stereocenters. The maximum Gasteiger partial charge on any atom is 0.125 e. The van der Waals surface area contributed by atoms with Gasteiger partial charge in [0.05, 0.1) is 5.69 Å². The van der Waals surface area contributed by atoms with Crippen LogP contribution < -0.4 is 0 Å². The van der Waals surface area contributed by atoms with Gasteiger partial charge in [0, 0.05) is 12.5 Å². The normalized spacial score (nSPS) is 15.7. The van der Waals surface area contributed by atoms with Gasteiger partial charge in [-0.3, -0.25) is 0 Å². The summed E-state index contributed by atoms with van der Waals surface area (Å²) in [5, 5.41) is 3.21. The molecule has 0 spiro atoms. The molecule has 13 heavy (non-hydrogen) atoms. The first-order valence-corrected chi connectivity index (χ1v) is 5.54. The van der Waals surface area contributed by atoms with E-state index in [2.05, 4.69) is 31.1 Å². The van der Waals surface area contributed by atoms with E-state index in [0.717, 1.165) is 23.5 Å². The molecule has 0 aliphatic rings. The lowest BCUT2D eigenvalue weighted by Crippen LogP contribution is -2.22. The maximum atomic E-state index is 5.48. The topological polar surface area (TPSA) is 22.1 Å². The van der Waals surface area contributed by atoms with Crippen LogP contribution in [-0.4, -0.2) is 12.1 Å². The molecular formula is C10H17NOS. The zero-order valence-corrected chi connectivity index (χ0v) is 9.57. The quantitative estimate of drug-likeness (QED) is 0.743. The van der Waals surface area contributed by atoms with Crippen LogP contribution in [0.15, 0.2) is 5.38 Å². The molecule has 0 amide bonds. The van der Waals surface area contributed by atoms with E-state index in [4.69, 9.17) is 4.74 Å². The van der Waals surface area contributed by atoms with Crippen molar-refractivity contribution < 1.29 is 4.74 Å². The SMILES string of the molecule is CCc1csc(C(C)(CC)OC)n1. The van der Waals surface area contributed by atoms with Crippen molar-refractivity contribution in [1.82, 2.24) is 4.98 Å². The van der Waals surface area contributed by atoms with Gasteiger partial charge in [-0.15, -0.1) is 11.3 Å². The van der Waals surface area contributed by atoms with Crippen molar-refractivity contribution in [3.05, 3.63) is 16.1 Å². The van der Waals surface area contributed by atoms with E-state index >= 15 is 0 Å². The number of ether oxygens (including phenoxy) is 1. The van der Waals surface area contributed by atoms with Crippen LogP contribution in [0.4, 0.5) is 0 Å². The smallest absolute Gasteiger partial charge is 0.125 e. The summed E-state index contributed by atoms with van der Waals surface area (Å²) in [5.41, 5.74) is 0.967. The summed E-state index contributed by atoms with van der Waals surface area (Å²) in [4.78, 5) is 4.54. The Morgan fingerprint density at radius 3 is 2.62 bits per heavy atom. The lowest BCUT2D eigenvalue weighted by atomic mass is 10.1. The summed E-state index contributed by atoms with van der Waals surface area (Å²) >= 11 is 1.69. The first kappa shape index (κ1) is 10.7. The largest absolute Gasteiger partial charge is 0.371 e. The van der Waals surface area contributed by atoms with Crippen molar-refractivity contribution in [1.29, 1.82) is 0 Å². The minimum atomic E-state index is -0.196. The average molecular weight is 199 g/mol. The molecule has 74 valence electrons. The average Bonchev–Trinajstić information content (AvgIpc) is 2.65. The van der Waals surface area contributed by atoms with Crippen molar-refractivity contribution >= 4 is 11.3 Å². The lowest BCUT2D eigenvalue weighted by molar-refractivity contribution is -0.00166. The monoisotopic (exact) mass is 199 g/mol. The number of aryl methyl sites for hydroxylation is 1. The standard InChI is InChI=1S/C10H17NOS/c1-5-8-7-13-9(11-8)10(3,6-2)12-4/h7H,5-6H2,1-4H3. The van der Waals surface area contributed by atoms with Crippen LogP contribution in [-0.2, 0) is 16.8 Å². The van der Waals surface area contributed by atoms with Gasteiger partial charge in [-0.1, -0.05) is 13.8 Å². The van der Waals surface area contributed by atoms with Crippen molar-refractivity contribution in [2.24, 2.45) is 0 Å². The van der Waals surface area contributed by atoms with E-state index < -0.39 is 0 Å². The predicted octanol–water partition coefficient (Wildman–Crippen LogP) is 2.98. The highest BCUT2D eigenvalue weighted by molar-refractivity contribution is 7.09. The van der Waals surface area contributed by atoms with Crippen LogP contribution in [0.25, 0.3) is 0 Å². The molecule has 0 aromatic carbocycles. The zero-order chi connectivity index (χ0) is 9.90. The van der Waals surface area contributed by atoms with Crippen LogP contribution in [0.2, 0.25) is 0 Å². The van der Waals surface area contributed by atoms with Crippen molar-refractivity contribution in [2.45, 2.75) is 39.2 Å². The molecule has 2 nitrogen and oxygen atoms in total. The minimum Gasteiger partial charge on any atom is -0.371 e. The van der Waals surface area contributed by atoms with E-state index in [0.29, 0.717) is 0 Å². The fourth-order valence-electron chi connectivity index (χ4n) is 1.10. The molecule has 0 aliphatic carbocycles. The summed E-state index contributed by atoms with van der Waals surface area (Å²) in [5.74, 6) is 0. The Bertz CT molecular complexity index is 266. The number of rotatable bonds is 4. The fourth-order valence-corrected chi connectivity index (χ4v) is 2.21. The fraction of sp³-hybridized carbons (Fsp3) is 0.700. The number of nitrogens with zero attached hydrogens (tertiary/aromatic N) is 1. The number of aromatic nitrogens is 1. The van der Waals surface area contributed by atoms with Gasteiger partial charge < -0.3 is 4.74 Å². The van der Waals surface area contributed by atoms with Crippen LogP contribution in [0.1, 0.15) is 37.9 Å². The number of hydrogen-bond donors (Lipinski definition) is 0. The maximum absolute atomic E-state index is 5.48. The third kappa shape index (κ3) is 2.09. The van der Waals surface area contributed by atoms with Gasteiger partial charge in [-0.25, -0.2) is 4.98 Å². The summed E-state index contributed by atoms with van der Waals surface area (Å²) in [7, 11) is 1.75. The van der Waals surface area contributed by atoms with Gasteiger partial charge in [0.1, 0.15) is 10.6 Å². The molecular weight excluding hydrogens is 182 g/mol. The van der Waals surface area contributed by atoms with Crippen LogP contribution in [0.5, 0.6) is 0 Å². The number of hydrogen-bond acceptors (Lipinski definition) is 3. The molecule has 1 atom stereocenters. The number of thiazole rings is 1. The van der Waals surface area contributed by atoms with Crippen molar-refractivity contribution in [3.63, 3.8) is 0 Å². The van der Waals surface area contributed by atoms with Crippen LogP contribution >= 0.6 is 11.3 Å². The number of methoxy groups -OCH3 is 1. The highest BCUT2D eigenvalue weighted by atomic mass is 32.1. The van der Waals surface area contributed by atoms with Gasteiger partial charge in [0.15, 0.2) is 0 Å². The van der Waals surface area contributed by atoms with Gasteiger partial charge in [0.25, 0.3) is 0 Å². The van der Waals surface area contributed by atoms with Gasteiger partial charge in [-0.05, 0) is 19.8 Å². The molecule has 0 saturated carbocycles. The van der Waals surface area contributed by atoms with Crippen molar-refractivity contribution in [2.75, 3.05) is 7.11 Å². The van der Waals surface area contributed by atoms with Crippen LogP contribution in [0, 0.1) is 0 Å². The Kier molecular flexibility index (Phi) is 3.45. The van der Waals surface area contributed by atoms with E-state index in [1.807, 2.05) is 0 Å². The third-order valence-corrected chi connectivity index (χ3v) is 3.63. The van der Waals surface area contributed by atoms with Gasteiger partial charge in [-0.2, -0.15) is 0 Å². The Morgan fingerprint density at radius 1 is 1.54 bits per heavy atom. The molecule has 0 N–H and O–H groups in total. The molecule has 1 rings (SSSR count). The Labute approximate surface area is 84.0 Å². The third-order valence-electron chi connectivity index (χ3n) is 2.49.